The van der Waals surface area contributed by atoms with Crippen LogP contribution in [0, 0.1) is 5.41 Å². The Hall–Kier alpha value is -0.170. The zero-order chi connectivity index (χ0) is 13.4. The van der Waals surface area contributed by atoms with E-state index in [2.05, 4.69) is 24.2 Å². The van der Waals surface area contributed by atoms with Crippen molar-refractivity contribution in [1.29, 1.82) is 0 Å². The highest BCUT2D eigenvalue weighted by Crippen LogP contribution is 2.30. The quantitative estimate of drug-likeness (QED) is 0.725. The summed E-state index contributed by atoms with van der Waals surface area (Å²) < 4.78 is 22.8. The smallest absolute Gasteiger partial charge is 0.154 e. The van der Waals surface area contributed by atoms with Crippen molar-refractivity contribution in [3.8, 4) is 0 Å². The molecule has 5 nitrogen and oxygen atoms in total. The molecule has 0 aromatic carbocycles. The second kappa shape index (κ2) is 5.07. The first kappa shape index (κ1) is 14.2. The Kier molecular flexibility index (Phi) is 4.02. The van der Waals surface area contributed by atoms with Gasteiger partial charge in [-0.3, -0.25) is 0 Å². The summed E-state index contributed by atoms with van der Waals surface area (Å²) in [6.45, 7) is 5.20. The highest BCUT2D eigenvalue weighted by atomic mass is 32.2. The zero-order valence-electron chi connectivity index (χ0n) is 11.2. The van der Waals surface area contributed by atoms with E-state index in [1.807, 2.05) is 0 Å². The lowest BCUT2D eigenvalue weighted by Gasteiger charge is -2.38. The van der Waals surface area contributed by atoms with Gasteiger partial charge in [0.05, 0.1) is 17.6 Å². The van der Waals surface area contributed by atoms with E-state index in [0.29, 0.717) is 0 Å². The summed E-state index contributed by atoms with van der Waals surface area (Å²) in [5.41, 5.74) is 0.221. The van der Waals surface area contributed by atoms with Gasteiger partial charge in [-0.1, -0.05) is 6.92 Å². The second-order valence-electron chi connectivity index (χ2n) is 6.25. The normalized spacial score (nSPS) is 35.7. The lowest BCUT2D eigenvalue weighted by Crippen LogP contribution is -2.47. The Morgan fingerprint density at radius 3 is 2.44 bits per heavy atom. The van der Waals surface area contributed by atoms with E-state index < -0.39 is 15.9 Å². The molecule has 106 valence electrons. The average molecular weight is 276 g/mol. The molecule has 2 heterocycles. The van der Waals surface area contributed by atoms with Crippen molar-refractivity contribution in [2.45, 2.75) is 31.9 Å². The first-order valence-corrected chi connectivity index (χ1v) is 8.42. The van der Waals surface area contributed by atoms with Crippen molar-refractivity contribution in [2.75, 3.05) is 38.2 Å². The molecule has 2 unspecified atom stereocenters. The summed E-state index contributed by atoms with van der Waals surface area (Å²) in [4.78, 5) is 2.32. The number of aliphatic hydroxyl groups is 1. The van der Waals surface area contributed by atoms with Gasteiger partial charge < -0.3 is 15.3 Å². The highest BCUT2D eigenvalue weighted by molar-refractivity contribution is 7.91. The van der Waals surface area contributed by atoms with Gasteiger partial charge in [-0.2, -0.15) is 0 Å². The molecule has 2 aliphatic rings. The van der Waals surface area contributed by atoms with E-state index in [4.69, 9.17) is 0 Å². The van der Waals surface area contributed by atoms with Gasteiger partial charge >= 0.3 is 0 Å². The molecule has 0 spiro atoms. The molecule has 2 rings (SSSR count). The third kappa shape index (κ3) is 3.44. The molecule has 0 aromatic rings. The Morgan fingerprint density at radius 1 is 1.33 bits per heavy atom. The summed E-state index contributed by atoms with van der Waals surface area (Å²) in [6.07, 6.45) is 1.49. The summed E-state index contributed by atoms with van der Waals surface area (Å²) in [5.74, 6) is -0.0196. The van der Waals surface area contributed by atoms with Crippen LogP contribution < -0.4 is 5.32 Å². The van der Waals surface area contributed by atoms with Crippen molar-refractivity contribution in [2.24, 2.45) is 5.41 Å². The van der Waals surface area contributed by atoms with Crippen molar-refractivity contribution < 1.29 is 13.5 Å². The number of sulfone groups is 1. The SMILES string of the molecule is CN1CCC(C)(CNC2CS(=O)(=O)CC2O)CC1. The molecule has 0 saturated carbocycles. The Balaban J connectivity index is 1.85. The Morgan fingerprint density at radius 2 is 1.94 bits per heavy atom. The predicted molar refractivity (Wildman–Crippen MR) is 71.3 cm³/mol. The maximum Gasteiger partial charge on any atom is 0.154 e. The average Bonchev–Trinajstić information content (AvgIpc) is 2.54. The number of piperidine rings is 1. The number of nitrogens with zero attached hydrogens (tertiary/aromatic N) is 1. The van der Waals surface area contributed by atoms with Gasteiger partial charge in [-0.15, -0.1) is 0 Å². The summed E-state index contributed by atoms with van der Waals surface area (Å²) in [5, 5.41) is 13.0. The zero-order valence-corrected chi connectivity index (χ0v) is 12.0. The molecule has 2 atom stereocenters. The fourth-order valence-electron chi connectivity index (χ4n) is 2.74. The predicted octanol–water partition coefficient (Wildman–Crippen LogP) is -0.534. The lowest BCUT2D eigenvalue weighted by molar-refractivity contribution is 0.116. The monoisotopic (exact) mass is 276 g/mol. The van der Waals surface area contributed by atoms with Crippen LogP contribution in [0.1, 0.15) is 19.8 Å². The van der Waals surface area contributed by atoms with E-state index >= 15 is 0 Å². The Bertz CT molecular complexity index is 388. The number of rotatable bonds is 3. The molecule has 0 aliphatic carbocycles. The van der Waals surface area contributed by atoms with Crippen molar-refractivity contribution in [3.63, 3.8) is 0 Å². The Labute approximate surface area is 109 Å². The van der Waals surface area contributed by atoms with Crippen molar-refractivity contribution >= 4 is 9.84 Å². The van der Waals surface area contributed by atoms with Crippen molar-refractivity contribution in [3.05, 3.63) is 0 Å². The molecular formula is C12H24N2O3S. The number of hydrogen-bond donors (Lipinski definition) is 2. The molecule has 18 heavy (non-hydrogen) atoms. The lowest BCUT2D eigenvalue weighted by atomic mass is 9.80. The molecule has 2 aliphatic heterocycles. The minimum absolute atomic E-state index is 0.0736. The molecule has 0 amide bonds. The third-order valence-corrected chi connectivity index (χ3v) is 6.02. The van der Waals surface area contributed by atoms with E-state index in [1.165, 1.54) is 0 Å². The third-order valence-electron chi connectivity index (χ3n) is 4.31. The first-order chi connectivity index (χ1) is 8.30. The van der Waals surface area contributed by atoms with E-state index in [1.54, 1.807) is 0 Å². The molecule has 2 fully saturated rings. The number of hydrogen-bond acceptors (Lipinski definition) is 5. The maximum absolute atomic E-state index is 11.4. The van der Waals surface area contributed by atoms with Crippen LogP contribution in [0.25, 0.3) is 0 Å². The van der Waals surface area contributed by atoms with Gasteiger partial charge in [-0.05, 0) is 38.4 Å². The van der Waals surface area contributed by atoms with E-state index in [9.17, 15) is 13.5 Å². The fourth-order valence-corrected chi connectivity index (χ4v) is 4.51. The largest absolute Gasteiger partial charge is 0.390 e. The van der Waals surface area contributed by atoms with Gasteiger partial charge in [-0.25, -0.2) is 8.42 Å². The van der Waals surface area contributed by atoms with Crippen LogP contribution in [0.2, 0.25) is 0 Å². The number of aliphatic hydroxyl groups excluding tert-OH is 1. The van der Waals surface area contributed by atoms with Crippen LogP contribution in [-0.2, 0) is 9.84 Å². The van der Waals surface area contributed by atoms with Crippen molar-refractivity contribution in [1.82, 2.24) is 10.2 Å². The van der Waals surface area contributed by atoms with Gasteiger partial charge in [0.2, 0.25) is 0 Å². The molecule has 2 saturated heterocycles. The molecule has 6 heteroatoms. The first-order valence-electron chi connectivity index (χ1n) is 6.60. The summed E-state index contributed by atoms with van der Waals surface area (Å²) in [7, 11) is -0.922. The van der Waals surface area contributed by atoms with Gasteiger partial charge in [0.25, 0.3) is 0 Å². The maximum atomic E-state index is 11.4. The molecular weight excluding hydrogens is 252 g/mol. The summed E-state index contributed by atoms with van der Waals surface area (Å²) >= 11 is 0. The van der Waals surface area contributed by atoms with Gasteiger partial charge in [0.1, 0.15) is 0 Å². The molecule has 0 aromatic heterocycles. The molecule has 0 bridgehead atoms. The van der Waals surface area contributed by atoms with Gasteiger partial charge in [0.15, 0.2) is 9.84 Å². The van der Waals surface area contributed by atoms with E-state index in [-0.39, 0.29) is 23.0 Å². The van der Waals surface area contributed by atoms with Crippen LogP contribution in [0.5, 0.6) is 0 Å². The number of nitrogens with one attached hydrogen (secondary N) is 1. The summed E-state index contributed by atoms with van der Waals surface area (Å²) in [6, 6.07) is -0.286. The van der Waals surface area contributed by atoms with E-state index in [0.717, 1.165) is 32.5 Å². The molecule has 0 radical (unpaired) electrons. The van der Waals surface area contributed by atoms with Crippen LogP contribution in [0.4, 0.5) is 0 Å². The second-order valence-corrected chi connectivity index (χ2v) is 8.40. The van der Waals surface area contributed by atoms with Crippen LogP contribution in [-0.4, -0.2) is 68.8 Å². The van der Waals surface area contributed by atoms with Crippen LogP contribution in [0.3, 0.4) is 0 Å². The highest BCUT2D eigenvalue weighted by Gasteiger charge is 2.38. The topological polar surface area (TPSA) is 69.6 Å². The van der Waals surface area contributed by atoms with Crippen LogP contribution >= 0.6 is 0 Å². The minimum atomic E-state index is -3.05. The molecule has 2 N–H and O–H groups in total. The van der Waals surface area contributed by atoms with Gasteiger partial charge in [0, 0.05) is 12.6 Å². The standard InChI is InChI=1S/C12H24N2O3S/c1-12(3-5-14(2)6-4-12)9-13-10-7-18(16,17)8-11(10)15/h10-11,13,15H,3-9H2,1-2H3. The minimum Gasteiger partial charge on any atom is -0.390 e. The number of likely N-dealkylation sites (tertiary alicyclic amines) is 1. The fraction of sp³-hybridized carbons (Fsp3) is 1.00. The van der Waals surface area contributed by atoms with Crippen LogP contribution in [0.15, 0.2) is 0 Å².